The Morgan fingerprint density at radius 1 is 1.30 bits per heavy atom. The molecule has 1 aromatic carbocycles. The molecule has 0 atom stereocenters. The van der Waals surface area contributed by atoms with Gasteiger partial charge >= 0.3 is 6.18 Å². The smallest absolute Gasteiger partial charge is 0.372 e. The van der Waals surface area contributed by atoms with Gasteiger partial charge in [-0.15, -0.1) is 0 Å². The zero-order chi connectivity index (χ0) is 14.9. The number of hydrogen-bond donors (Lipinski definition) is 1. The van der Waals surface area contributed by atoms with Crippen molar-refractivity contribution in [2.75, 3.05) is 11.9 Å². The summed E-state index contributed by atoms with van der Waals surface area (Å²) >= 11 is 0. The van der Waals surface area contributed by atoms with Crippen molar-refractivity contribution < 1.29 is 13.2 Å². The monoisotopic (exact) mass is 286 g/mol. The zero-order valence-corrected chi connectivity index (χ0v) is 12.1. The number of hydrogen-bond acceptors (Lipinski definition) is 2. The van der Waals surface area contributed by atoms with Crippen molar-refractivity contribution >= 4 is 5.69 Å². The number of alkyl halides is 3. The predicted octanol–water partition coefficient (Wildman–Crippen LogP) is 3.80. The highest BCUT2D eigenvalue weighted by Gasteiger charge is 2.35. The fourth-order valence-corrected chi connectivity index (χ4v) is 2.06. The first-order valence-electron chi connectivity index (χ1n) is 6.95. The van der Waals surface area contributed by atoms with Crippen LogP contribution in [-0.2, 0) is 12.7 Å². The average Bonchev–Trinajstić information content (AvgIpc) is 3.18. The van der Waals surface area contributed by atoms with E-state index in [9.17, 15) is 13.2 Å². The van der Waals surface area contributed by atoms with E-state index in [2.05, 4.69) is 5.32 Å². The molecular formula is C15H21F3N2. The maximum absolute atomic E-state index is 13.2. The largest absolute Gasteiger partial charge is 0.418 e. The standard InChI is InChI=1S/C15H21F3N2/c1-10(2)20(3)14-7-4-11(9-19-12-5-6-12)8-13(14)15(16,17)18/h4,7-8,10,12,19H,5-6,9H2,1-3H3. The highest BCUT2D eigenvalue weighted by atomic mass is 19.4. The van der Waals surface area contributed by atoms with Crippen molar-refractivity contribution in [3.8, 4) is 0 Å². The molecule has 0 radical (unpaired) electrons. The van der Waals surface area contributed by atoms with Gasteiger partial charge in [0.2, 0.25) is 0 Å². The van der Waals surface area contributed by atoms with E-state index in [1.807, 2.05) is 13.8 Å². The summed E-state index contributed by atoms with van der Waals surface area (Å²) in [5, 5.41) is 3.24. The minimum absolute atomic E-state index is 0.0199. The second-order valence-corrected chi connectivity index (χ2v) is 5.71. The molecule has 1 N–H and O–H groups in total. The van der Waals surface area contributed by atoms with Crippen LogP contribution in [0.3, 0.4) is 0 Å². The molecule has 1 fully saturated rings. The first-order chi connectivity index (χ1) is 9.29. The van der Waals surface area contributed by atoms with E-state index in [0.717, 1.165) is 12.8 Å². The topological polar surface area (TPSA) is 15.3 Å². The Balaban J connectivity index is 2.26. The number of nitrogens with zero attached hydrogens (tertiary/aromatic N) is 1. The third-order valence-corrected chi connectivity index (χ3v) is 3.69. The molecule has 2 rings (SSSR count). The highest BCUT2D eigenvalue weighted by molar-refractivity contribution is 5.56. The molecule has 1 aliphatic rings. The lowest BCUT2D eigenvalue weighted by Gasteiger charge is -2.27. The maximum Gasteiger partial charge on any atom is 0.418 e. The van der Waals surface area contributed by atoms with Crippen LogP contribution in [0.2, 0.25) is 0 Å². The lowest BCUT2D eigenvalue weighted by molar-refractivity contribution is -0.137. The van der Waals surface area contributed by atoms with Gasteiger partial charge in [-0.3, -0.25) is 0 Å². The molecule has 112 valence electrons. The molecule has 0 saturated heterocycles. The molecular weight excluding hydrogens is 265 g/mol. The summed E-state index contributed by atoms with van der Waals surface area (Å²) in [6.45, 7) is 4.25. The zero-order valence-electron chi connectivity index (χ0n) is 12.1. The quantitative estimate of drug-likeness (QED) is 0.885. The van der Waals surface area contributed by atoms with Crippen LogP contribution in [0.25, 0.3) is 0 Å². The summed E-state index contributed by atoms with van der Waals surface area (Å²) in [6.07, 6.45) is -2.07. The third kappa shape index (κ3) is 3.66. The molecule has 0 aromatic heterocycles. The molecule has 0 aliphatic heterocycles. The van der Waals surface area contributed by atoms with Gasteiger partial charge in [0.1, 0.15) is 0 Å². The van der Waals surface area contributed by atoms with Crippen molar-refractivity contribution in [2.24, 2.45) is 0 Å². The molecule has 1 saturated carbocycles. The maximum atomic E-state index is 13.2. The Morgan fingerprint density at radius 2 is 1.95 bits per heavy atom. The molecule has 5 heteroatoms. The molecule has 1 aliphatic carbocycles. The summed E-state index contributed by atoms with van der Waals surface area (Å²) in [6, 6.07) is 5.13. The summed E-state index contributed by atoms with van der Waals surface area (Å²) in [7, 11) is 1.69. The second-order valence-electron chi connectivity index (χ2n) is 5.71. The summed E-state index contributed by atoms with van der Waals surface area (Å²) in [5.41, 5.74) is 0.372. The van der Waals surface area contributed by atoms with Gasteiger partial charge in [-0.2, -0.15) is 13.2 Å². The van der Waals surface area contributed by atoms with Crippen molar-refractivity contribution in [3.05, 3.63) is 29.3 Å². The predicted molar refractivity (Wildman–Crippen MR) is 74.8 cm³/mol. The molecule has 1 aromatic rings. The molecule has 0 spiro atoms. The van der Waals surface area contributed by atoms with Gasteiger partial charge in [-0.05, 0) is 44.4 Å². The van der Waals surface area contributed by atoms with E-state index in [0.29, 0.717) is 18.2 Å². The first kappa shape index (κ1) is 15.2. The molecule has 20 heavy (non-hydrogen) atoms. The van der Waals surface area contributed by atoms with Crippen molar-refractivity contribution in [3.63, 3.8) is 0 Å². The van der Waals surface area contributed by atoms with Crippen LogP contribution >= 0.6 is 0 Å². The molecule has 2 nitrogen and oxygen atoms in total. The minimum atomic E-state index is -4.33. The molecule has 0 bridgehead atoms. The van der Waals surface area contributed by atoms with Gasteiger partial charge < -0.3 is 10.2 Å². The van der Waals surface area contributed by atoms with Gasteiger partial charge in [0, 0.05) is 31.4 Å². The second kappa shape index (κ2) is 5.64. The van der Waals surface area contributed by atoms with Crippen LogP contribution in [0.4, 0.5) is 18.9 Å². The Hall–Kier alpha value is -1.23. The van der Waals surface area contributed by atoms with Crippen molar-refractivity contribution in [1.29, 1.82) is 0 Å². The average molecular weight is 286 g/mol. The lowest BCUT2D eigenvalue weighted by Crippen LogP contribution is -2.28. The van der Waals surface area contributed by atoms with Gasteiger partial charge in [-0.25, -0.2) is 0 Å². The normalized spacial score (nSPS) is 15.8. The fourth-order valence-electron chi connectivity index (χ4n) is 2.06. The van der Waals surface area contributed by atoms with Crippen LogP contribution in [0.5, 0.6) is 0 Å². The number of benzene rings is 1. The van der Waals surface area contributed by atoms with E-state index in [1.165, 1.54) is 6.07 Å². The van der Waals surface area contributed by atoms with Gasteiger partial charge in [0.05, 0.1) is 5.56 Å². The van der Waals surface area contributed by atoms with Crippen LogP contribution in [0, 0.1) is 0 Å². The Kier molecular flexibility index (Phi) is 4.28. The third-order valence-electron chi connectivity index (χ3n) is 3.69. The summed E-state index contributed by atoms with van der Waals surface area (Å²) in [4.78, 5) is 1.65. The fraction of sp³-hybridized carbons (Fsp3) is 0.600. The Bertz CT molecular complexity index is 465. The van der Waals surface area contributed by atoms with Gasteiger partial charge in [0.25, 0.3) is 0 Å². The number of anilines is 1. The van der Waals surface area contributed by atoms with Gasteiger partial charge in [-0.1, -0.05) is 6.07 Å². The lowest BCUT2D eigenvalue weighted by atomic mass is 10.1. The van der Waals surface area contributed by atoms with Crippen molar-refractivity contribution in [1.82, 2.24) is 5.32 Å². The Morgan fingerprint density at radius 3 is 2.45 bits per heavy atom. The van der Waals surface area contributed by atoms with E-state index >= 15 is 0 Å². The molecule has 0 amide bonds. The number of rotatable bonds is 5. The van der Waals surface area contributed by atoms with Crippen LogP contribution < -0.4 is 10.2 Å². The van der Waals surface area contributed by atoms with E-state index in [1.54, 1.807) is 24.1 Å². The SMILES string of the molecule is CC(C)N(C)c1ccc(CNC2CC2)cc1C(F)(F)F. The van der Waals surface area contributed by atoms with Crippen molar-refractivity contribution in [2.45, 2.75) is 51.5 Å². The summed E-state index contributed by atoms with van der Waals surface area (Å²) < 4.78 is 39.6. The minimum Gasteiger partial charge on any atom is -0.372 e. The van der Waals surface area contributed by atoms with Crippen LogP contribution in [-0.4, -0.2) is 19.1 Å². The van der Waals surface area contributed by atoms with E-state index in [-0.39, 0.29) is 11.7 Å². The van der Waals surface area contributed by atoms with Gasteiger partial charge in [0.15, 0.2) is 0 Å². The van der Waals surface area contributed by atoms with Crippen LogP contribution in [0.15, 0.2) is 18.2 Å². The van der Waals surface area contributed by atoms with E-state index < -0.39 is 11.7 Å². The molecule has 0 unspecified atom stereocenters. The molecule has 0 heterocycles. The highest BCUT2D eigenvalue weighted by Crippen LogP contribution is 2.37. The Labute approximate surface area is 118 Å². The first-order valence-corrected chi connectivity index (χ1v) is 6.95. The van der Waals surface area contributed by atoms with E-state index in [4.69, 9.17) is 0 Å². The number of halogens is 3. The summed E-state index contributed by atoms with van der Waals surface area (Å²) in [5.74, 6) is 0. The number of nitrogens with one attached hydrogen (secondary N) is 1. The van der Waals surface area contributed by atoms with Crippen LogP contribution in [0.1, 0.15) is 37.8 Å².